The van der Waals surface area contributed by atoms with E-state index in [-0.39, 0.29) is 13.0 Å². The van der Waals surface area contributed by atoms with Gasteiger partial charge in [-0.3, -0.25) is 18.9 Å². The molecule has 1 aliphatic rings. The van der Waals surface area contributed by atoms with Crippen molar-refractivity contribution < 1.29 is 23.5 Å². The van der Waals surface area contributed by atoms with Crippen molar-refractivity contribution in [3.63, 3.8) is 0 Å². The predicted molar refractivity (Wildman–Crippen MR) is 72.6 cm³/mol. The molecule has 1 aromatic heterocycles. The molecule has 0 amide bonds. The number of aryl methyl sites for hydroxylation is 1. The van der Waals surface area contributed by atoms with E-state index >= 15 is 0 Å². The molecule has 0 aromatic carbocycles. The Labute approximate surface area is 120 Å². The highest BCUT2D eigenvalue weighted by Gasteiger charge is 2.36. The van der Waals surface area contributed by atoms with E-state index < -0.39 is 37.9 Å². The number of hydrogen-bond donors (Lipinski definition) is 2. The molecule has 0 bridgehead atoms. The van der Waals surface area contributed by atoms with Crippen LogP contribution in [0, 0.1) is 6.92 Å². The zero-order valence-electron chi connectivity index (χ0n) is 11.6. The van der Waals surface area contributed by atoms with Crippen LogP contribution in [-0.2, 0) is 18.3 Å². The Hall–Kier alpha value is -1.25. The van der Waals surface area contributed by atoms with Gasteiger partial charge in [0, 0.05) is 25.3 Å². The van der Waals surface area contributed by atoms with Crippen molar-refractivity contribution in [2.75, 3.05) is 13.7 Å². The topological polar surface area (TPSA) is 120 Å². The zero-order chi connectivity index (χ0) is 15.6. The summed E-state index contributed by atoms with van der Waals surface area (Å²) in [5.74, 6) is 0. The van der Waals surface area contributed by atoms with Crippen LogP contribution in [-0.4, -0.2) is 40.6 Å². The van der Waals surface area contributed by atoms with Crippen LogP contribution < -0.4 is 11.2 Å². The first kappa shape index (κ1) is 16.1. The van der Waals surface area contributed by atoms with Gasteiger partial charge in [-0.1, -0.05) is 0 Å². The van der Waals surface area contributed by atoms with E-state index in [9.17, 15) is 19.3 Å². The van der Waals surface area contributed by atoms with Gasteiger partial charge in [-0.15, -0.1) is 0 Å². The molecule has 1 unspecified atom stereocenters. The summed E-state index contributed by atoms with van der Waals surface area (Å²) in [6.45, 7) is 1.45. The zero-order valence-corrected chi connectivity index (χ0v) is 12.6. The number of hydrogen-bond acceptors (Lipinski definition) is 7. The minimum absolute atomic E-state index is 0.111. The maximum atomic E-state index is 11.8. The van der Waals surface area contributed by atoms with E-state index in [0.29, 0.717) is 5.56 Å². The lowest BCUT2D eigenvalue weighted by atomic mass is 10.2. The number of aliphatic hydroxyl groups is 1. The molecule has 1 aliphatic heterocycles. The predicted octanol–water partition coefficient (Wildman–Crippen LogP) is -0.454. The third-order valence-electron chi connectivity index (χ3n) is 3.19. The lowest BCUT2D eigenvalue weighted by Gasteiger charge is -2.16. The highest BCUT2D eigenvalue weighted by Crippen LogP contribution is 2.30. The molecule has 1 aromatic rings. The summed E-state index contributed by atoms with van der Waals surface area (Å²) in [6.07, 6.45) is -0.784. The lowest BCUT2D eigenvalue weighted by Crippen LogP contribution is -2.33. The second-order valence-electron chi connectivity index (χ2n) is 4.68. The van der Waals surface area contributed by atoms with E-state index in [4.69, 9.17) is 9.26 Å². The summed E-state index contributed by atoms with van der Waals surface area (Å²) in [7, 11) is -1.35. The summed E-state index contributed by atoms with van der Waals surface area (Å²) in [5.41, 5.74) is -0.722. The fourth-order valence-electron chi connectivity index (χ4n) is 2.05. The molecule has 4 atom stereocenters. The summed E-state index contributed by atoms with van der Waals surface area (Å²) in [5, 5.41) is 9.90. The number of H-pyrrole nitrogens is 1. The first-order valence-corrected chi connectivity index (χ1v) is 7.51. The van der Waals surface area contributed by atoms with Crippen LogP contribution >= 0.6 is 8.25 Å². The van der Waals surface area contributed by atoms with Crippen molar-refractivity contribution in [2.45, 2.75) is 31.8 Å². The molecule has 2 heterocycles. The van der Waals surface area contributed by atoms with Crippen molar-refractivity contribution >= 4 is 8.25 Å². The smallest absolute Gasteiger partial charge is 0.330 e. The van der Waals surface area contributed by atoms with Gasteiger partial charge in [0.15, 0.2) is 0 Å². The number of ether oxygens (including phenoxy) is 1. The summed E-state index contributed by atoms with van der Waals surface area (Å²) in [6, 6.07) is 0. The lowest BCUT2D eigenvalue weighted by molar-refractivity contribution is -0.0416. The summed E-state index contributed by atoms with van der Waals surface area (Å²) in [4.78, 5) is 25.2. The Morgan fingerprint density at radius 1 is 1.57 bits per heavy atom. The van der Waals surface area contributed by atoms with Gasteiger partial charge >= 0.3 is 13.9 Å². The van der Waals surface area contributed by atoms with Gasteiger partial charge < -0.3 is 18.9 Å². The Morgan fingerprint density at radius 2 is 2.29 bits per heavy atom. The van der Waals surface area contributed by atoms with E-state index in [0.717, 1.165) is 0 Å². The standard InChI is InChI=1S/C11H17N2O7P/c1-6-4-13(11(16)12-10(6)15)9-3-7(14)8(20-9)5-19-21(17)18-2/h4,7-9,14,21H,3,5H2,1-2H3,(H,12,15,16)/t7-,8-,9-/m0/s1. The Morgan fingerprint density at radius 3 is 2.95 bits per heavy atom. The number of aromatic nitrogens is 2. The maximum Gasteiger partial charge on any atom is 0.330 e. The van der Waals surface area contributed by atoms with Crippen LogP contribution in [0.15, 0.2) is 15.8 Å². The Balaban J connectivity index is 2.10. The monoisotopic (exact) mass is 320 g/mol. The van der Waals surface area contributed by atoms with Crippen LogP contribution in [0.4, 0.5) is 0 Å². The molecule has 0 spiro atoms. The van der Waals surface area contributed by atoms with Crippen molar-refractivity contribution in [1.29, 1.82) is 0 Å². The van der Waals surface area contributed by atoms with Gasteiger partial charge in [-0.2, -0.15) is 0 Å². The van der Waals surface area contributed by atoms with E-state index in [1.807, 2.05) is 0 Å². The van der Waals surface area contributed by atoms with Crippen molar-refractivity contribution in [3.8, 4) is 0 Å². The van der Waals surface area contributed by atoms with Crippen LogP contribution in [0.25, 0.3) is 0 Å². The molecule has 0 saturated carbocycles. The molecule has 21 heavy (non-hydrogen) atoms. The second kappa shape index (κ2) is 6.67. The van der Waals surface area contributed by atoms with Crippen molar-refractivity contribution in [3.05, 3.63) is 32.6 Å². The Kier molecular flexibility index (Phi) is 5.13. The van der Waals surface area contributed by atoms with Crippen LogP contribution in [0.2, 0.25) is 0 Å². The van der Waals surface area contributed by atoms with Gasteiger partial charge in [-0.25, -0.2) is 4.79 Å². The third kappa shape index (κ3) is 3.69. The van der Waals surface area contributed by atoms with Crippen molar-refractivity contribution in [2.24, 2.45) is 0 Å². The third-order valence-corrected chi connectivity index (χ3v) is 3.93. The first-order chi connectivity index (χ1) is 9.92. The van der Waals surface area contributed by atoms with E-state index in [1.165, 1.54) is 17.9 Å². The molecule has 9 nitrogen and oxygen atoms in total. The molecule has 1 saturated heterocycles. The highest BCUT2D eigenvalue weighted by atomic mass is 31.1. The normalized spacial score (nSPS) is 26.9. The summed E-state index contributed by atoms with van der Waals surface area (Å²) < 4.78 is 27.2. The number of rotatable bonds is 5. The van der Waals surface area contributed by atoms with Gasteiger partial charge in [0.2, 0.25) is 0 Å². The van der Waals surface area contributed by atoms with Crippen LogP contribution in [0.3, 0.4) is 0 Å². The number of nitrogens with zero attached hydrogens (tertiary/aromatic N) is 1. The summed E-state index contributed by atoms with van der Waals surface area (Å²) >= 11 is 0. The number of nitrogens with one attached hydrogen (secondary N) is 1. The van der Waals surface area contributed by atoms with Gasteiger partial charge in [0.1, 0.15) is 12.3 Å². The molecule has 0 radical (unpaired) electrons. The molecule has 10 heteroatoms. The van der Waals surface area contributed by atoms with Crippen LogP contribution in [0.5, 0.6) is 0 Å². The molecule has 2 N–H and O–H groups in total. The first-order valence-electron chi connectivity index (χ1n) is 6.28. The molecule has 2 rings (SSSR count). The molecule has 0 aliphatic carbocycles. The molecular weight excluding hydrogens is 303 g/mol. The van der Waals surface area contributed by atoms with Gasteiger partial charge in [0.25, 0.3) is 5.56 Å². The minimum atomic E-state index is -2.60. The average molecular weight is 320 g/mol. The SMILES string of the molecule is CO[PH](=O)OC[C@@H]1O[C@H](n2cc(C)c(=O)[nH]c2=O)C[C@@H]1O. The Bertz CT molecular complexity index is 640. The largest absolute Gasteiger partial charge is 0.390 e. The molecular formula is C11H17N2O7P. The van der Waals surface area contributed by atoms with Crippen molar-refractivity contribution in [1.82, 2.24) is 9.55 Å². The fraction of sp³-hybridized carbons (Fsp3) is 0.636. The van der Waals surface area contributed by atoms with Gasteiger partial charge in [-0.05, 0) is 6.92 Å². The number of aromatic amines is 1. The highest BCUT2D eigenvalue weighted by molar-refractivity contribution is 7.33. The quantitative estimate of drug-likeness (QED) is 0.705. The van der Waals surface area contributed by atoms with E-state index in [2.05, 4.69) is 9.51 Å². The molecule has 118 valence electrons. The average Bonchev–Trinajstić information content (AvgIpc) is 2.81. The minimum Gasteiger partial charge on any atom is -0.390 e. The van der Waals surface area contributed by atoms with Gasteiger partial charge in [0.05, 0.1) is 12.7 Å². The number of aliphatic hydroxyl groups excluding tert-OH is 1. The van der Waals surface area contributed by atoms with Crippen LogP contribution in [0.1, 0.15) is 18.2 Å². The second-order valence-corrected chi connectivity index (χ2v) is 5.87. The molecule has 1 fully saturated rings. The maximum absolute atomic E-state index is 11.8. The fourth-order valence-corrected chi connectivity index (χ4v) is 2.46. The van der Waals surface area contributed by atoms with E-state index in [1.54, 1.807) is 6.92 Å².